The molecule has 0 aliphatic rings. The van der Waals surface area contributed by atoms with Crippen LogP contribution in [0.25, 0.3) is 0 Å². The Morgan fingerprint density at radius 2 is 1.85 bits per heavy atom. The van der Waals surface area contributed by atoms with Crippen molar-refractivity contribution in [2.24, 2.45) is 0 Å². The van der Waals surface area contributed by atoms with Crippen molar-refractivity contribution in [2.45, 2.75) is 63.5 Å². The van der Waals surface area contributed by atoms with Crippen molar-refractivity contribution in [2.75, 3.05) is 12.4 Å². The fraction of sp³-hybridized carbons (Fsp3) is 0.400. The van der Waals surface area contributed by atoms with Crippen molar-refractivity contribution < 1.29 is 9.53 Å². The summed E-state index contributed by atoms with van der Waals surface area (Å²) in [6.07, 6.45) is 0. The van der Waals surface area contributed by atoms with Gasteiger partial charge in [0, 0.05) is 6.54 Å². The minimum atomic E-state index is -0.363. The van der Waals surface area contributed by atoms with Gasteiger partial charge in [0.05, 0.1) is 5.25 Å². The predicted molar refractivity (Wildman–Crippen MR) is 133 cm³/mol. The molecule has 0 bridgehead atoms. The number of ether oxygens (including phenoxy) is 1. The molecule has 3 N–H and O–H groups in total. The third kappa shape index (κ3) is 6.51. The summed E-state index contributed by atoms with van der Waals surface area (Å²) < 4.78 is 7.42. The zero-order chi connectivity index (χ0) is 24.0. The topological polar surface area (TPSA) is 95.1 Å². The van der Waals surface area contributed by atoms with E-state index in [2.05, 4.69) is 60.6 Å². The van der Waals surface area contributed by atoms with Gasteiger partial charge in [-0.2, -0.15) is 0 Å². The molecule has 1 amide bonds. The van der Waals surface area contributed by atoms with Gasteiger partial charge in [0.2, 0.25) is 11.1 Å². The highest BCUT2D eigenvalue weighted by Crippen LogP contribution is 2.28. The third-order valence-electron chi connectivity index (χ3n) is 5.49. The molecular weight excluding hydrogens is 434 g/mol. The van der Waals surface area contributed by atoms with E-state index in [-0.39, 0.29) is 23.7 Å². The quantitative estimate of drug-likeness (QED) is 0.339. The van der Waals surface area contributed by atoms with Gasteiger partial charge < -0.3 is 15.9 Å². The number of aryl methyl sites for hydroxylation is 1. The number of hydrogen-bond donors (Lipinski definition) is 2. The van der Waals surface area contributed by atoms with E-state index < -0.39 is 0 Å². The highest BCUT2D eigenvalue weighted by Gasteiger charge is 2.20. The van der Waals surface area contributed by atoms with Crippen LogP contribution in [0.5, 0.6) is 5.75 Å². The summed E-state index contributed by atoms with van der Waals surface area (Å²) in [6.45, 7) is 11.0. The maximum Gasteiger partial charge on any atom is 0.233 e. The second-order valence-electron chi connectivity index (χ2n) is 8.57. The van der Waals surface area contributed by atoms with Crippen LogP contribution in [0.15, 0.2) is 53.7 Å². The summed E-state index contributed by atoms with van der Waals surface area (Å²) in [7, 11) is 0. The van der Waals surface area contributed by atoms with Gasteiger partial charge in [-0.1, -0.05) is 75.0 Å². The van der Waals surface area contributed by atoms with Gasteiger partial charge >= 0.3 is 0 Å². The molecule has 2 atom stereocenters. The summed E-state index contributed by atoms with van der Waals surface area (Å²) in [4.78, 5) is 12.6. The van der Waals surface area contributed by atoms with Crippen LogP contribution in [-0.4, -0.2) is 32.6 Å². The first kappa shape index (κ1) is 24.6. The van der Waals surface area contributed by atoms with E-state index in [1.54, 1.807) is 0 Å². The minimum absolute atomic E-state index is 0.0649. The summed E-state index contributed by atoms with van der Waals surface area (Å²) >= 11 is 1.28. The Morgan fingerprint density at radius 3 is 2.55 bits per heavy atom. The Labute approximate surface area is 200 Å². The lowest BCUT2D eigenvalue weighted by molar-refractivity contribution is -0.120. The standard InChI is InChI=1S/C25H33N5O2S/c1-16(2)21-12-11-17(3)13-22(21)32-15-23-28-29-25(30(23)26)33-19(5)24(31)27-14-18(4)20-9-7-6-8-10-20/h6-13,16,18-19H,14-15,26H2,1-5H3,(H,27,31). The van der Waals surface area contributed by atoms with E-state index in [9.17, 15) is 4.79 Å². The summed E-state index contributed by atoms with van der Waals surface area (Å²) in [5, 5.41) is 11.4. The van der Waals surface area contributed by atoms with Crippen LogP contribution in [0, 0.1) is 6.92 Å². The number of hydrogen-bond acceptors (Lipinski definition) is 6. The Bertz CT molecular complexity index is 1070. The average Bonchev–Trinajstić information content (AvgIpc) is 3.15. The largest absolute Gasteiger partial charge is 0.485 e. The monoisotopic (exact) mass is 467 g/mol. The first-order chi connectivity index (χ1) is 15.8. The summed E-state index contributed by atoms with van der Waals surface area (Å²) in [5.41, 5.74) is 3.45. The maximum absolute atomic E-state index is 12.6. The predicted octanol–water partition coefficient (Wildman–Crippen LogP) is 4.40. The Balaban J connectivity index is 1.56. The molecule has 0 radical (unpaired) electrons. The highest BCUT2D eigenvalue weighted by atomic mass is 32.2. The molecule has 0 aliphatic heterocycles. The van der Waals surface area contributed by atoms with Gasteiger partial charge in [-0.25, -0.2) is 4.68 Å². The molecule has 0 saturated heterocycles. The fourth-order valence-corrected chi connectivity index (χ4v) is 4.19. The number of aromatic nitrogens is 3. The molecule has 0 spiro atoms. The van der Waals surface area contributed by atoms with E-state index in [0.29, 0.717) is 23.4 Å². The van der Waals surface area contributed by atoms with Gasteiger partial charge in [-0.15, -0.1) is 10.2 Å². The number of rotatable bonds is 10. The second-order valence-corrected chi connectivity index (χ2v) is 9.88. The first-order valence-electron chi connectivity index (χ1n) is 11.2. The lowest BCUT2D eigenvalue weighted by Gasteiger charge is -2.16. The van der Waals surface area contributed by atoms with Crippen LogP contribution in [0.2, 0.25) is 0 Å². The van der Waals surface area contributed by atoms with Crippen molar-refractivity contribution >= 4 is 17.7 Å². The maximum atomic E-state index is 12.6. The van der Waals surface area contributed by atoms with Crippen molar-refractivity contribution in [3.8, 4) is 5.75 Å². The van der Waals surface area contributed by atoms with Crippen LogP contribution in [-0.2, 0) is 11.4 Å². The van der Waals surface area contributed by atoms with Crippen molar-refractivity contribution in [3.63, 3.8) is 0 Å². The lowest BCUT2D eigenvalue weighted by Crippen LogP contribution is -2.34. The fourth-order valence-electron chi connectivity index (χ4n) is 3.38. The Hall–Kier alpha value is -3.00. The Morgan fingerprint density at radius 1 is 1.12 bits per heavy atom. The molecule has 7 nitrogen and oxygen atoms in total. The van der Waals surface area contributed by atoms with Crippen LogP contribution >= 0.6 is 11.8 Å². The molecule has 1 aromatic heterocycles. The van der Waals surface area contributed by atoms with Gasteiger partial charge in [0.25, 0.3) is 0 Å². The highest BCUT2D eigenvalue weighted by molar-refractivity contribution is 8.00. The van der Waals surface area contributed by atoms with Crippen LogP contribution in [0.1, 0.15) is 62.0 Å². The van der Waals surface area contributed by atoms with Gasteiger partial charge in [-0.3, -0.25) is 4.79 Å². The van der Waals surface area contributed by atoms with Crippen molar-refractivity contribution in [3.05, 3.63) is 71.0 Å². The number of amides is 1. The SMILES string of the molecule is Cc1ccc(C(C)C)c(OCc2nnc(SC(C)C(=O)NCC(C)c3ccccc3)n2N)c1. The number of nitrogen functional groups attached to an aromatic ring is 1. The molecule has 3 aromatic rings. The van der Waals surface area contributed by atoms with Gasteiger partial charge in [-0.05, 0) is 48.4 Å². The van der Waals surface area contributed by atoms with E-state index in [1.807, 2.05) is 38.1 Å². The molecule has 0 saturated carbocycles. The van der Waals surface area contributed by atoms with E-state index >= 15 is 0 Å². The Kier molecular flexibility index (Phi) is 8.38. The third-order valence-corrected chi connectivity index (χ3v) is 6.54. The summed E-state index contributed by atoms with van der Waals surface area (Å²) in [6, 6.07) is 16.3. The molecule has 2 aromatic carbocycles. The number of nitrogens with one attached hydrogen (secondary N) is 1. The van der Waals surface area contributed by atoms with Crippen LogP contribution in [0.4, 0.5) is 0 Å². The summed E-state index contributed by atoms with van der Waals surface area (Å²) in [5.74, 6) is 8.02. The van der Waals surface area contributed by atoms with Gasteiger partial charge in [0.15, 0.2) is 5.82 Å². The minimum Gasteiger partial charge on any atom is -0.485 e. The average molecular weight is 468 g/mol. The first-order valence-corrected chi connectivity index (χ1v) is 12.1. The van der Waals surface area contributed by atoms with Crippen molar-refractivity contribution in [1.29, 1.82) is 0 Å². The van der Waals surface area contributed by atoms with Crippen LogP contribution in [0.3, 0.4) is 0 Å². The molecule has 176 valence electrons. The number of carbonyl (C=O) groups is 1. The molecule has 8 heteroatoms. The molecule has 33 heavy (non-hydrogen) atoms. The lowest BCUT2D eigenvalue weighted by atomic mass is 10.0. The molecule has 0 fully saturated rings. The van der Waals surface area contributed by atoms with Crippen LogP contribution < -0.4 is 15.9 Å². The zero-order valence-corrected chi connectivity index (χ0v) is 20.7. The number of benzene rings is 2. The molecule has 2 unspecified atom stereocenters. The number of carbonyl (C=O) groups excluding carboxylic acids is 1. The number of thioether (sulfide) groups is 1. The van der Waals surface area contributed by atoms with E-state index in [0.717, 1.165) is 16.9 Å². The van der Waals surface area contributed by atoms with E-state index in [1.165, 1.54) is 22.0 Å². The molecule has 0 aliphatic carbocycles. The zero-order valence-electron chi connectivity index (χ0n) is 19.9. The van der Waals surface area contributed by atoms with Crippen molar-refractivity contribution in [1.82, 2.24) is 20.2 Å². The molecule has 3 rings (SSSR count). The normalized spacial score (nSPS) is 13.0. The van der Waals surface area contributed by atoms with Gasteiger partial charge in [0.1, 0.15) is 12.4 Å². The second kappa shape index (κ2) is 11.2. The number of nitrogens with two attached hydrogens (primary N) is 1. The molecular formula is C25H33N5O2S. The molecule has 1 heterocycles. The smallest absolute Gasteiger partial charge is 0.233 e. The number of nitrogens with zero attached hydrogens (tertiary/aromatic N) is 3. The van der Waals surface area contributed by atoms with E-state index in [4.69, 9.17) is 10.6 Å².